The minimum Gasteiger partial charge on any atom is -0.464 e. The third-order valence-corrected chi connectivity index (χ3v) is 6.23. The Morgan fingerprint density at radius 3 is 2.46 bits per heavy atom. The lowest BCUT2D eigenvalue weighted by Crippen LogP contribution is -2.53. The summed E-state index contributed by atoms with van der Waals surface area (Å²) >= 11 is 0. The quantitative estimate of drug-likeness (QED) is 0.642. The smallest absolute Gasteiger partial charge is 0.332 e. The largest absolute Gasteiger partial charge is 0.464 e. The van der Waals surface area contributed by atoms with Gasteiger partial charge < -0.3 is 10.1 Å². The molecule has 1 N–H and O–H groups in total. The van der Waals surface area contributed by atoms with Gasteiger partial charge in [0.05, 0.1) is 6.61 Å². The van der Waals surface area contributed by atoms with Gasteiger partial charge in [-0.1, -0.05) is 35.9 Å². The molecule has 3 aliphatic rings. The summed E-state index contributed by atoms with van der Waals surface area (Å²) in [6.07, 6.45) is 3.06. The van der Waals surface area contributed by atoms with E-state index in [1.54, 1.807) is 31.2 Å². The Morgan fingerprint density at radius 1 is 1.14 bits per heavy atom. The molecule has 4 rings (SSSR count). The number of ketones is 2. The monoisotopic (exact) mass is 381 g/mol. The van der Waals surface area contributed by atoms with Gasteiger partial charge in [-0.3, -0.25) is 14.4 Å². The van der Waals surface area contributed by atoms with Crippen molar-refractivity contribution in [2.75, 3.05) is 6.61 Å². The van der Waals surface area contributed by atoms with Gasteiger partial charge in [0.25, 0.3) is 0 Å². The Morgan fingerprint density at radius 2 is 1.82 bits per heavy atom. The summed E-state index contributed by atoms with van der Waals surface area (Å²) in [4.78, 5) is 50.9. The first-order valence-corrected chi connectivity index (χ1v) is 9.70. The zero-order chi connectivity index (χ0) is 20.1. The molecule has 0 aromatic heterocycles. The fourth-order valence-corrected chi connectivity index (χ4v) is 5.18. The van der Waals surface area contributed by atoms with Crippen molar-refractivity contribution in [2.24, 2.45) is 17.8 Å². The topological polar surface area (TPSA) is 89.5 Å². The maximum atomic E-state index is 13.3. The normalized spacial score (nSPS) is 30.6. The Kier molecular flexibility index (Phi) is 4.44. The molecule has 0 radical (unpaired) electrons. The fourth-order valence-electron chi connectivity index (χ4n) is 5.18. The summed E-state index contributed by atoms with van der Waals surface area (Å²) in [7, 11) is 0. The van der Waals surface area contributed by atoms with Crippen molar-refractivity contribution < 1.29 is 23.9 Å². The van der Waals surface area contributed by atoms with Crippen LogP contribution in [0.25, 0.3) is 0 Å². The van der Waals surface area contributed by atoms with Gasteiger partial charge in [0.2, 0.25) is 5.91 Å². The van der Waals surface area contributed by atoms with Gasteiger partial charge >= 0.3 is 5.97 Å². The summed E-state index contributed by atoms with van der Waals surface area (Å²) in [6, 6.07) is 6.94. The number of hydrogen-bond acceptors (Lipinski definition) is 5. The van der Waals surface area contributed by atoms with Crippen LogP contribution >= 0.6 is 0 Å². The van der Waals surface area contributed by atoms with Gasteiger partial charge in [-0.15, -0.1) is 0 Å². The van der Waals surface area contributed by atoms with Crippen LogP contribution in [0.5, 0.6) is 0 Å². The molecule has 0 spiro atoms. The predicted octanol–water partition coefficient (Wildman–Crippen LogP) is 2.48. The first kappa shape index (κ1) is 18.6. The van der Waals surface area contributed by atoms with Gasteiger partial charge in [-0.25, -0.2) is 4.79 Å². The van der Waals surface area contributed by atoms with E-state index in [2.05, 4.69) is 5.32 Å². The van der Waals surface area contributed by atoms with E-state index in [4.69, 9.17) is 4.74 Å². The van der Waals surface area contributed by atoms with E-state index in [1.165, 1.54) is 6.92 Å². The number of benzene rings is 1. The Labute approximate surface area is 163 Å². The van der Waals surface area contributed by atoms with Gasteiger partial charge in [-0.05, 0) is 25.7 Å². The molecular formula is C22H23NO5. The van der Waals surface area contributed by atoms with Gasteiger partial charge in [0.1, 0.15) is 5.54 Å². The summed E-state index contributed by atoms with van der Waals surface area (Å²) in [5.41, 5.74) is 0.738. The van der Waals surface area contributed by atoms with Crippen LogP contribution in [0.15, 0.2) is 35.9 Å². The molecule has 146 valence electrons. The third-order valence-electron chi connectivity index (χ3n) is 6.23. The van der Waals surface area contributed by atoms with Crippen LogP contribution in [0.4, 0.5) is 0 Å². The molecule has 1 fully saturated rings. The molecule has 0 heterocycles. The highest BCUT2D eigenvalue weighted by atomic mass is 16.5. The lowest BCUT2D eigenvalue weighted by Gasteiger charge is -2.37. The van der Waals surface area contributed by atoms with Crippen LogP contribution in [-0.2, 0) is 14.3 Å². The number of hydrogen-bond donors (Lipinski definition) is 1. The molecule has 3 aliphatic carbocycles. The summed E-state index contributed by atoms with van der Waals surface area (Å²) in [5.74, 6) is -2.01. The average Bonchev–Trinajstić information content (AvgIpc) is 3.04. The van der Waals surface area contributed by atoms with Crippen LogP contribution in [-0.4, -0.2) is 35.6 Å². The number of nitrogens with one attached hydrogen (secondary N) is 1. The van der Waals surface area contributed by atoms with Crippen LogP contribution in [0.1, 0.15) is 53.8 Å². The van der Waals surface area contributed by atoms with E-state index in [0.717, 1.165) is 5.57 Å². The average molecular weight is 381 g/mol. The molecular weight excluding hydrogens is 358 g/mol. The van der Waals surface area contributed by atoms with Crippen molar-refractivity contribution >= 4 is 23.4 Å². The number of carbonyl (C=O) groups excluding carboxylic acids is 4. The second kappa shape index (κ2) is 6.69. The summed E-state index contributed by atoms with van der Waals surface area (Å²) in [5, 5.41) is 2.79. The van der Waals surface area contributed by atoms with E-state index in [1.807, 2.05) is 6.08 Å². The lowest BCUT2D eigenvalue weighted by atomic mass is 9.63. The highest BCUT2D eigenvalue weighted by Crippen LogP contribution is 2.52. The predicted molar refractivity (Wildman–Crippen MR) is 101 cm³/mol. The SMILES string of the molecule is CCOC(=O)C1(NC(C)=O)CC2=CCC3C(=O)c4ccccc4C(=O)C3C2C1. The zero-order valence-electron chi connectivity index (χ0n) is 16.0. The molecule has 4 unspecified atom stereocenters. The summed E-state index contributed by atoms with van der Waals surface area (Å²) < 4.78 is 5.24. The van der Waals surface area contributed by atoms with Gasteiger partial charge in [0.15, 0.2) is 11.6 Å². The van der Waals surface area contributed by atoms with Crippen LogP contribution in [0.2, 0.25) is 0 Å². The van der Waals surface area contributed by atoms with Crippen molar-refractivity contribution in [3.63, 3.8) is 0 Å². The fraction of sp³-hybridized carbons (Fsp3) is 0.455. The number of fused-ring (bicyclic) bond motifs is 4. The van der Waals surface area contributed by atoms with E-state index in [0.29, 0.717) is 24.0 Å². The molecule has 28 heavy (non-hydrogen) atoms. The summed E-state index contributed by atoms with van der Waals surface area (Å²) in [6.45, 7) is 3.29. The van der Waals surface area contributed by atoms with Crippen molar-refractivity contribution in [1.82, 2.24) is 5.32 Å². The molecule has 0 bridgehead atoms. The molecule has 0 saturated heterocycles. The second-order valence-electron chi connectivity index (χ2n) is 7.89. The molecule has 4 atom stereocenters. The van der Waals surface area contributed by atoms with Crippen LogP contribution < -0.4 is 5.32 Å². The standard InChI is InChI=1S/C22H23NO5/c1-3-28-21(27)22(23-12(2)24)10-13-8-9-16-18(17(13)11-22)20(26)15-7-5-4-6-14(15)19(16)25/h4-8,16-18H,3,9-11H2,1-2H3,(H,23,24). The maximum Gasteiger partial charge on any atom is 0.332 e. The number of amides is 1. The number of ether oxygens (including phenoxy) is 1. The van der Waals surface area contributed by atoms with Gasteiger partial charge in [-0.2, -0.15) is 0 Å². The van der Waals surface area contributed by atoms with Crippen LogP contribution in [0, 0.1) is 17.8 Å². The minimum absolute atomic E-state index is 0.0105. The van der Waals surface area contributed by atoms with E-state index < -0.39 is 23.3 Å². The number of allylic oxidation sites excluding steroid dienone is 1. The van der Waals surface area contributed by atoms with Crippen molar-refractivity contribution in [1.29, 1.82) is 0 Å². The highest BCUT2D eigenvalue weighted by molar-refractivity contribution is 6.16. The third kappa shape index (κ3) is 2.70. The first-order chi connectivity index (χ1) is 13.4. The number of rotatable bonds is 3. The lowest BCUT2D eigenvalue weighted by molar-refractivity contribution is -0.153. The Hall–Kier alpha value is -2.76. The zero-order valence-corrected chi connectivity index (χ0v) is 16.0. The molecule has 1 aromatic carbocycles. The van der Waals surface area contributed by atoms with Gasteiger partial charge in [0, 0.05) is 36.3 Å². The van der Waals surface area contributed by atoms with Crippen LogP contribution in [0.3, 0.4) is 0 Å². The molecule has 6 heteroatoms. The number of Topliss-reactive ketones (excluding diaryl/α,β-unsaturated/α-hetero) is 2. The molecule has 1 amide bonds. The Balaban J connectivity index is 1.73. The van der Waals surface area contributed by atoms with Crippen molar-refractivity contribution in [3.8, 4) is 0 Å². The maximum absolute atomic E-state index is 13.3. The first-order valence-electron chi connectivity index (χ1n) is 9.70. The molecule has 1 aromatic rings. The minimum atomic E-state index is -1.17. The highest BCUT2D eigenvalue weighted by Gasteiger charge is 2.57. The number of esters is 1. The van der Waals surface area contributed by atoms with E-state index in [-0.39, 0.29) is 36.4 Å². The molecule has 1 saturated carbocycles. The molecule has 0 aliphatic heterocycles. The van der Waals surface area contributed by atoms with Crippen molar-refractivity contribution in [2.45, 2.75) is 38.6 Å². The van der Waals surface area contributed by atoms with E-state index >= 15 is 0 Å². The number of carbonyl (C=O) groups is 4. The van der Waals surface area contributed by atoms with Crippen molar-refractivity contribution in [3.05, 3.63) is 47.0 Å². The Bertz CT molecular complexity index is 917. The second-order valence-corrected chi connectivity index (χ2v) is 7.89. The van der Waals surface area contributed by atoms with E-state index in [9.17, 15) is 19.2 Å². The molecule has 6 nitrogen and oxygen atoms in total.